The first-order valence-electron chi connectivity index (χ1n) is 7.35. The number of likely N-dealkylation sites (tertiary alicyclic amines) is 1. The van der Waals surface area contributed by atoms with Gasteiger partial charge in [0.25, 0.3) is 5.70 Å². The van der Waals surface area contributed by atoms with Gasteiger partial charge in [-0.25, -0.2) is 0 Å². The van der Waals surface area contributed by atoms with Gasteiger partial charge >= 0.3 is 0 Å². The van der Waals surface area contributed by atoms with Crippen molar-refractivity contribution >= 4 is 5.91 Å². The maximum absolute atomic E-state index is 12.2. The summed E-state index contributed by atoms with van der Waals surface area (Å²) in [7, 11) is 0. The fourth-order valence-corrected chi connectivity index (χ4v) is 2.74. The van der Waals surface area contributed by atoms with Crippen LogP contribution in [-0.4, -0.2) is 45.8 Å². The summed E-state index contributed by atoms with van der Waals surface area (Å²) in [5, 5.41) is 10.8. The van der Waals surface area contributed by atoms with Gasteiger partial charge in [-0.3, -0.25) is 14.9 Å². The van der Waals surface area contributed by atoms with Crippen molar-refractivity contribution < 1.29 is 9.72 Å². The molecule has 116 valence electrons. The molecule has 1 unspecified atom stereocenters. The highest BCUT2D eigenvalue weighted by Gasteiger charge is 2.40. The fraction of sp³-hybridized carbons (Fsp3) is 0.667. The van der Waals surface area contributed by atoms with Gasteiger partial charge in [-0.1, -0.05) is 27.7 Å². The Morgan fingerprint density at radius 3 is 2.52 bits per heavy atom. The molecule has 0 saturated carbocycles. The predicted molar refractivity (Wildman–Crippen MR) is 80.0 cm³/mol. The number of rotatable bonds is 3. The van der Waals surface area contributed by atoms with Crippen LogP contribution in [-0.2, 0) is 4.79 Å². The van der Waals surface area contributed by atoms with E-state index in [-0.39, 0.29) is 34.0 Å². The summed E-state index contributed by atoms with van der Waals surface area (Å²) < 4.78 is 0. The Labute approximate surface area is 125 Å². The second kappa shape index (κ2) is 5.50. The van der Waals surface area contributed by atoms with Gasteiger partial charge in [0.2, 0.25) is 5.91 Å². The molecule has 0 aromatic carbocycles. The van der Waals surface area contributed by atoms with Crippen LogP contribution in [0.25, 0.3) is 0 Å². The Kier molecular flexibility index (Phi) is 4.07. The molecule has 21 heavy (non-hydrogen) atoms. The molecule has 2 aliphatic rings. The molecule has 2 heterocycles. The van der Waals surface area contributed by atoms with Crippen molar-refractivity contribution in [3.05, 3.63) is 34.2 Å². The van der Waals surface area contributed by atoms with Crippen molar-refractivity contribution in [3.63, 3.8) is 0 Å². The number of nitrogens with zero attached hydrogens (tertiary/aromatic N) is 3. The number of carbonyl (C=O) groups excluding carboxylic acids is 1. The lowest BCUT2D eigenvalue weighted by molar-refractivity contribution is -0.420. The Morgan fingerprint density at radius 2 is 2.05 bits per heavy atom. The van der Waals surface area contributed by atoms with E-state index in [0.29, 0.717) is 13.1 Å². The van der Waals surface area contributed by atoms with Crippen molar-refractivity contribution in [1.82, 2.24) is 9.80 Å². The third-order valence-electron chi connectivity index (χ3n) is 4.01. The van der Waals surface area contributed by atoms with Gasteiger partial charge in [0, 0.05) is 36.9 Å². The maximum atomic E-state index is 12.2. The van der Waals surface area contributed by atoms with Crippen molar-refractivity contribution in [1.29, 1.82) is 0 Å². The van der Waals surface area contributed by atoms with E-state index in [0.717, 1.165) is 6.42 Å². The van der Waals surface area contributed by atoms with Crippen LogP contribution in [0.4, 0.5) is 0 Å². The molecule has 6 nitrogen and oxygen atoms in total. The molecule has 1 amide bonds. The Balaban J connectivity index is 1.98. The Bertz CT molecular complexity index is 499. The van der Waals surface area contributed by atoms with Crippen molar-refractivity contribution in [3.8, 4) is 0 Å². The molecule has 0 bridgehead atoms. The summed E-state index contributed by atoms with van der Waals surface area (Å²) in [6.45, 7) is 9.16. The first-order chi connectivity index (χ1) is 9.74. The highest BCUT2D eigenvalue weighted by Crippen LogP contribution is 2.28. The average Bonchev–Trinajstić information content (AvgIpc) is 2.35. The van der Waals surface area contributed by atoms with Gasteiger partial charge in [0.1, 0.15) is 0 Å². The quantitative estimate of drug-likeness (QED) is 0.590. The van der Waals surface area contributed by atoms with Gasteiger partial charge in [0.05, 0.1) is 17.0 Å². The van der Waals surface area contributed by atoms with E-state index in [1.54, 1.807) is 18.4 Å². The zero-order valence-electron chi connectivity index (χ0n) is 13.1. The molecular weight excluding hydrogens is 270 g/mol. The normalized spacial score (nSPS) is 22.9. The molecular formula is C15H23N3O3. The standard InChI is InChI=1S/C15H23N3O3/c1-5-11-8-12(18(20)21)6-7-17(11)13-9-16(10-13)14(19)15(2,3)4/h6-8,11,13H,5,9-10H2,1-4H3. The summed E-state index contributed by atoms with van der Waals surface area (Å²) >= 11 is 0. The third kappa shape index (κ3) is 3.09. The molecule has 0 aromatic heterocycles. The number of allylic oxidation sites excluding steroid dienone is 1. The number of hydrogen-bond acceptors (Lipinski definition) is 4. The lowest BCUT2D eigenvalue weighted by Gasteiger charge is -2.49. The zero-order valence-corrected chi connectivity index (χ0v) is 13.1. The molecule has 1 fully saturated rings. The smallest absolute Gasteiger partial charge is 0.268 e. The summed E-state index contributed by atoms with van der Waals surface area (Å²) in [6, 6.07) is 0.286. The topological polar surface area (TPSA) is 66.7 Å². The van der Waals surface area contributed by atoms with Crippen molar-refractivity contribution in [2.24, 2.45) is 5.41 Å². The average molecular weight is 293 g/mol. The van der Waals surface area contributed by atoms with Crippen LogP contribution in [0.1, 0.15) is 34.1 Å². The molecule has 1 atom stereocenters. The summed E-state index contributed by atoms with van der Waals surface area (Å²) in [5.41, 5.74) is -0.203. The van der Waals surface area contributed by atoms with E-state index in [4.69, 9.17) is 0 Å². The van der Waals surface area contributed by atoms with Gasteiger partial charge < -0.3 is 9.80 Å². The number of amides is 1. The third-order valence-corrected chi connectivity index (χ3v) is 4.01. The van der Waals surface area contributed by atoms with Crippen LogP contribution in [0.5, 0.6) is 0 Å². The molecule has 1 saturated heterocycles. The second-order valence-electron chi connectivity index (χ2n) is 6.70. The minimum atomic E-state index is -0.356. The molecule has 0 aromatic rings. The lowest BCUT2D eigenvalue weighted by Crippen LogP contribution is -2.63. The minimum Gasteiger partial charge on any atom is -0.364 e. The molecule has 0 spiro atoms. The van der Waals surface area contributed by atoms with E-state index in [2.05, 4.69) is 4.90 Å². The summed E-state index contributed by atoms with van der Waals surface area (Å²) in [5.74, 6) is 0.161. The monoisotopic (exact) mass is 293 g/mol. The largest absolute Gasteiger partial charge is 0.364 e. The number of nitro groups is 1. The Morgan fingerprint density at radius 1 is 1.43 bits per heavy atom. The highest BCUT2D eigenvalue weighted by atomic mass is 16.6. The van der Waals surface area contributed by atoms with E-state index < -0.39 is 0 Å². The van der Waals surface area contributed by atoms with E-state index in [9.17, 15) is 14.9 Å². The summed E-state index contributed by atoms with van der Waals surface area (Å²) in [4.78, 5) is 26.6. The first-order valence-corrected chi connectivity index (χ1v) is 7.35. The van der Waals surface area contributed by atoms with E-state index >= 15 is 0 Å². The van der Waals surface area contributed by atoms with E-state index in [1.807, 2.05) is 32.6 Å². The number of carbonyl (C=O) groups is 1. The van der Waals surface area contributed by atoms with Gasteiger partial charge in [-0.15, -0.1) is 0 Å². The van der Waals surface area contributed by atoms with Crippen LogP contribution in [0, 0.1) is 15.5 Å². The van der Waals surface area contributed by atoms with Crippen molar-refractivity contribution in [2.45, 2.75) is 46.2 Å². The molecule has 0 N–H and O–H groups in total. The second-order valence-corrected chi connectivity index (χ2v) is 6.70. The van der Waals surface area contributed by atoms with Crippen LogP contribution in [0.2, 0.25) is 0 Å². The van der Waals surface area contributed by atoms with Crippen LogP contribution >= 0.6 is 0 Å². The maximum Gasteiger partial charge on any atom is 0.268 e. The zero-order chi connectivity index (χ0) is 15.8. The molecule has 2 rings (SSSR count). The SMILES string of the molecule is CCC1C=C([N+](=O)[O-])C=CN1C1CN(C(=O)C(C)(C)C)C1. The molecule has 0 aliphatic carbocycles. The fourth-order valence-electron chi connectivity index (χ4n) is 2.74. The molecule has 0 radical (unpaired) electrons. The lowest BCUT2D eigenvalue weighted by atomic mass is 9.91. The van der Waals surface area contributed by atoms with E-state index in [1.165, 1.54) is 0 Å². The van der Waals surface area contributed by atoms with Crippen molar-refractivity contribution in [2.75, 3.05) is 13.1 Å². The van der Waals surface area contributed by atoms with Gasteiger partial charge in [-0.05, 0) is 6.42 Å². The van der Waals surface area contributed by atoms with Crippen LogP contribution in [0.3, 0.4) is 0 Å². The minimum absolute atomic E-state index is 0.0345. The highest BCUT2D eigenvalue weighted by molar-refractivity contribution is 5.82. The van der Waals surface area contributed by atoms with Gasteiger partial charge in [0.15, 0.2) is 0 Å². The summed E-state index contributed by atoms with van der Waals surface area (Å²) in [6.07, 6.45) is 5.86. The van der Waals surface area contributed by atoms with Gasteiger partial charge in [-0.2, -0.15) is 0 Å². The molecule has 2 aliphatic heterocycles. The first kappa shape index (κ1) is 15.5. The van der Waals surface area contributed by atoms with Crippen LogP contribution < -0.4 is 0 Å². The Hall–Kier alpha value is -1.85. The number of hydrogen-bond donors (Lipinski definition) is 0. The molecule has 6 heteroatoms. The predicted octanol–water partition coefficient (Wildman–Crippen LogP) is 2.01. The van der Waals surface area contributed by atoms with Crippen LogP contribution in [0.15, 0.2) is 24.0 Å².